The molecule has 0 unspecified atom stereocenters. The van der Waals surface area contributed by atoms with Crippen LogP contribution in [0.2, 0.25) is 0 Å². The standard InChI is InChI=1S/C16H18N2O6S/c1-11-4-6-13(18(19)20)8-16(11)25(21,22)17-10-12-5-7-14(23-2)9-15(12)24-3/h4-9,17H,10H2,1-3H3. The molecule has 2 aromatic carbocycles. The van der Waals surface area contributed by atoms with Crippen LogP contribution in [0.4, 0.5) is 5.69 Å². The van der Waals surface area contributed by atoms with Crippen LogP contribution in [0.1, 0.15) is 11.1 Å². The number of sulfonamides is 1. The summed E-state index contributed by atoms with van der Waals surface area (Å²) in [4.78, 5) is 10.1. The number of non-ortho nitro benzene ring substituents is 1. The number of rotatable bonds is 7. The van der Waals surface area contributed by atoms with Gasteiger partial charge in [-0.2, -0.15) is 0 Å². The summed E-state index contributed by atoms with van der Waals surface area (Å²) in [5.74, 6) is 1.05. The molecule has 2 rings (SSSR count). The van der Waals surface area contributed by atoms with Crippen molar-refractivity contribution < 1.29 is 22.8 Å². The molecule has 25 heavy (non-hydrogen) atoms. The van der Waals surface area contributed by atoms with Gasteiger partial charge in [-0.05, 0) is 18.6 Å². The molecule has 1 N–H and O–H groups in total. The summed E-state index contributed by atoms with van der Waals surface area (Å²) in [7, 11) is -0.941. The van der Waals surface area contributed by atoms with Gasteiger partial charge < -0.3 is 9.47 Å². The van der Waals surface area contributed by atoms with E-state index in [9.17, 15) is 18.5 Å². The van der Waals surface area contributed by atoms with E-state index in [4.69, 9.17) is 9.47 Å². The molecule has 0 spiro atoms. The van der Waals surface area contributed by atoms with E-state index >= 15 is 0 Å². The molecule has 0 saturated carbocycles. The Kier molecular flexibility index (Phi) is 5.60. The van der Waals surface area contributed by atoms with Crippen LogP contribution in [-0.4, -0.2) is 27.6 Å². The Morgan fingerprint density at radius 1 is 1.12 bits per heavy atom. The highest BCUT2D eigenvalue weighted by molar-refractivity contribution is 7.89. The second-order valence-corrected chi connectivity index (χ2v) is 6.94. The Labute approximate surface area is 145 Å². The number of nitrogens with zero attached hydrogens (tertiary/aromatic N) is 1. The third kappa shape index (κ3) is 4.25. The van der Waals surface area contributed by atoms with Crippen LogP contribution in [0, 0.1) is 17.0 Å². The molecule has 8 nitrogen and oxygen atoms in total. The molecule has 0 saturated heterocycles. The van der Waals surface area contributed by atoms with Gasteiger partial charge in [-0.1, -0.05) is 12.1 Å². The highest BCUT2D eigenvalue weighted by atomic mass is 32.2. The van der Waals surface area contributed by atoms with E-state index in [-0.39, 0.29) is 17.1 Å². The molecule has 0 atom stereocenters. The Bertz CT molecular complexity index is 895. The maximum absolute atomic E-state index is 12.5. The van der Waals surface area contributed by atoms with Gasteiger partial charge in [-0.15, -0.1) is 0 Å². The molecule has 134 valence electrons. The third-order valence-electron chi connectivity index (χ3n) is 3.62. The first kappa shape index (κ1) is 18.7. The van der Waals surface area contributed by atoms with Crippen LogP contribution in [0.15, 0.2) is 41.3 Å². The maximum atomic E-state index is 12.5. The van der Waals surface area contributed by atoms with Crippen LogP contribution in [0.25, 0.3) is 0 Å². The minimum absolute atomic E-state index is 0.0301. The molecule has 0 amide bonds. The lowest BCUT2D eigenvalue weighted by Gasteiger charge is -2.12. The van der Waals surface area contributed by atoms with E-state index < -0.39 is 14.9 Å². The Balaban J connectivity index is 2.28. The normalized spacial score (nSPS) is 11.2. The Morgan fingerprint density at radius 2 is 1.84 bits per heavy atom. The maximum Gasteiger partial charge on any atom is 0.270 e. The molecule has 0 aliphatic carbocycles. The summed E-state index contributed by atoms with van der Waals surface area (Å²) in [5, 5.41) is 10.9. The zero-order chi connectivity index (χ0) is 18.6. The van der Waals surface area contributed by atoms with Crippen molar-refractivity contribution in [3.05, 3.63) is 57.6 Å². The lowest BCUT2D eigenvalue weighted by Crippen LogP contribution is -2.24. The predicted octanol–water partition coefficient (Wildman–Crippen LogP) is 2.40. The smallest absolute Gasteiger partial charge is 0.270 e. The van der Waals surface area contributed by atoms with Gasteiger partial charge in [0.2, 0.25) is 10.0 Å². The predicted molar refractivity (Wildman–Crippen MR) is 91.4 cm³/mol. The van der Waals surface area contributed by atoms with Gasteiger partial charge in [-0.3, -0.25) is 10.1 Å². The van der Waals surface area contributed by atoms with Crippen molar-refractivity contribution in [2.45, 2.75) is 18.4 Å². The fraction of sp³-hybridized carbons (Fsp3) is 0.250. The monoisotopic (exact) mass is 366 g/mol. The van der Waals surface area contributed by atoms with E-state index in [1.807, 2.05) is 0 Å². The number of nitrogens with one attached hydrogen (secondary N) is 1. The van der Waals surface area contributed by atoms with Crippen LogP contribution >= 0.6 is 0 Å². The number of methoxy groups -OCH3 is 2. The fourth-order valence-electron chi connectivity index (χ4n) is 2.24. The quantitative estimate of drug-likeness (QED) is 0.595. The molecule has 0 aromatic heterocycles. The first-order valence-corrected chi connectivity index (χ1v) is 8.72. The minimum Gasteiger partial charge on any atom is -0.497 e. The highest BCUT2D eigenvalue weighted by Gasteiger charge is 2.21. The first-order valence-electron chi connectivity index (χ1n) is 7.24. The summed E-state index contributed by atoms with van der Waals surface area (Å²) in [6.45, 7) is 1.55. The van der Waals surface area contributed by atoms with Gasteiger partial charge in [-0.25, -0.2) is 13.1 Å². The van der Waals surface area contributed by atoms with Crippen LogP contribution in [-0.2, 0) is 16.6 Å². The molecular weight excluding hydrogens is 348 g/mol. The summed E-state index contributed by atoms with van der Waals surface area (Å²) in [6, 6.07) is 8.72. The summed E-state index contributed by atoms with van der Waals surface area (Å²) >= 11 is 0. The van der Waals surface area contributed by atoms with Crippen LogP contribution in [0.3, 0.4) is 0 Å². The highest BCUT2D eigenvalue weighted by Crippen LogP contribution is 2.26. The number of nitro benzene ring substituents is 1. The van der Waals surface area contributed by atoms with E-state index in [1.165, 1.54) is 26.4 Å². The number of hydrogen-bond donors (Lipinski definition) is 1. The van der Waals surface area contributed by atoms with E-state index in [2.05, 4.69) is 4.72 Å². The second-order valence-electron chi connectivity index (χ2n) is 5.21. The van der Waals surface area contributed by atoms with Crippen molar-refractivity contribution in [3.8, 4) is 11.5 Å². The van der Waals surface area contributed by atoms with Gasteiger partial charge in [0.25, 0.3) is 5.69 Å². The number of benzene rings is 2. The molecule has 9 heteroatoms. The lowest BCUT2D eigenvalue weighted by atomic mass is 10.2. The third-order valence-corrected chi connectivity index (χ3v) is 5.16. The summed E-state index contributed by atoms with van der Waals surface area (Å²) in [5.41, 5.74) is 0.739. The average Bonchev–Trinajstić information content (AvgIpc) is 2.59. The average molecular weight is 366 g/mol. The molecule has 0 aliphatic heterocycles. The van der Waals surface area contributed by atoms with Crippen molar-refractivity contribution in [1.29, 1.82) is 0 Å². The Hall–Kier alpha value is -2.65. The fourth-order valence-corrected chi connectivity index (χ4v) is 3.51. The SMILES string of the molecule is COc1ccc(CNS(=O)(=O)c2cc([N+](=O)[O-])ccc2C)c(OC)c1. The van der Waals surface area contributed by atoms with Crippen molar-refractivity contribution in [2.24, 2.45) is 0 Å². The number of ether oxygens (including phenoxy) is 2. The van der Waals surface area contributed by atoms with Crippen molar-refractivity contribution in [1.82, 2.24) is 4.72 Å². The van der Waals surface area contributed by atoms with E-state index in [0.29, 0.717) is 22.6 Å². The molecule has 0 fully saturated rings. The zero-order valence-corrected chi connectivity index (χ0v) is 14.8. The molecule has 0 radical (unpaired) electrons. The van der Waals surface area contributed by atoms with Gasteiger partial charge in [0.15, 0.2) is 0 Å². The van der Waals surface area contributed by atoms with E-state index in [1.54, 1.807) is 25.1 Å². The minimum atomic E-state index is -3.93. The number of aryl methyl sites for hydroxylation is 1. The van der Waals surface area contributed by atoms with Gasteiger partial charge >= 0.3 is 0 Å². The summed E-state index contributed by atoms with van der Waals surface area (Å²) in [6.07, 6.45) is 0. The zero-order valence-electron chi connectivity index (χ0n) is 14.0. The van der Waals surface area contributed by atoms with Gasteiger partial charge in [0, 0.05) is 30.3 Å². The first-order chi connectivity index (χ1) is 11.8. The van der Waals surface area contributed by atoms with Gasteiger partial charge in [0.1, 0.15) is 11.5 Å². The molecule has 0 heterocycles. The number of nitro groups is 1. The second kappa shape index (κ2) is 7.49. The Morgan fingerprint density at radius 3 is 2.44 bits per heavy atom. The van der Waals surface area contributed by atoms with Crippen molar-refractivity contribution in [3.63, 3.8) is 0 Å². The number of hydrogen-bond acceptors (Lipinski definition) is 6. The van der Waals surface area contributed by atoms with Crippen molar-refractivity contribution >= 4 is 15.7 Å². The van der Waals surface area contributed by atoms with E-state index in [0.717, 1.165) is 6.07 Å². The molecule has 0 bridgehead atoms. The van der Waals surface area contributed by atoms with Crippen LogP contribution < -0.4 is 14.2 Å². The van der Waals surface area contributed by atoms with Crippen molar-refractivity contribution in [2.75, 3.05) is 14.2 Å². The molecule has 2 aromatic rings. The molecule has 0 aliphatic rings. The topological polar surface area (TPSA) is 108 Å². The summed E-state index contributed by atoms with van der Waals surface area (Å²) < 4.78 is 37.8. The van der Waals surface area contributed by atoms with Gasteiger partial charge in [0.05, 0.1) is 24.0 Å². The molecular formula is C16H18N2O6S. The van der Waals surface area contributed by atoms with Crippen LogP contribution in [0.5, 0.6) is 11.5 Å². The lowest BCUT2D eigenvalue weighted by molar-refractivity contribution is -0.385. The largest absolute Gasteiger partial charge is 0.497 e.